The SMILES string of the molecule is CCCCCCCCCC/C=C\CCCCCCCCCCCCCC(=O)OC(COC(=O)CCCCCCCC)COC(=O)CCCCCCCCCCCCCCCCCCCCCCCCCCCCC. The van der Waals surface area contributed by atoms with Gasteiger partial charge in [0.05, 0.1) is 0 Å². The van der Waals surface area contributed by atoms with Gasteiger partial charge in [-0.3, -0.25) is 14.4 Å². The van der Waals surface area contributed by atoms with Crippen LogP contribution in [0.2, 0.25) is 0 Å². The minimum absolute atomic E-state index is 0.0647. The Balaban J connectivity index is 3.98. The van der Waals surface area contributed by atoms with E-state index in [4.69, 9.17) is 14.2 Å². The van der Waals surface area contributed by atoms with Crippen molar-refractivity contribution in [3.8, 4) is 0 Å². The minimum Gasteiger partial charge on any atom is -0.462 e. The number of esters is 3. The Bertz CT molecular complexity index is 1150. The highest BCUT2D eigenvalue weighted by molar-refractivity contribution is 5.71. The topological polar surface area (TPSA) is 78.9 Å². The molecule has 0 amide bonds. The lowest BCUT2D eigenvalue weighted by Gasteiger charge is -2.18. The Hall–Kier alpha value is -1.85. The maximum Gasteiger partial charge on any atom is 0.306 e. The van der Waals surface area contributed by atoms with Crippen molar-refractivity contribution in [3.63, 3.8) is 0 Å². The molecule has 0 aromatic heterocycles. The minimum atomic E-state index is -0.764. The van der Waals surface area contributed by atoms with E-state index >= 15 is 0 Å². The van der Waals surface area contributed by atoms with Crippen molar-refractivity contribution in [2.24, 2.45) is 0 Å². The van der Waals surface area contributed by atoms with Gasteiger partial charge in [-0.1, -0.05) is 335 Å². The monoisotopic (exact) mass is 1040 g/mol. The van der Waals surface area contributed by atoms with Crippen LogP contribution in [-0.2, 0) is 28.6 Å². The zero-order valence-corrected chi connectivity index (χ0v) is 50.4. The number of ether oxygens (including phenoxy) is 3. The summed E-state index contributed by atoms with van der Waals surface area (Å²) in [6, 6.07) is 0. The number of hydrogen-bond donors (Lipinski definition) is 0. The van der Waals surface area contributed by atoms with Crippen LogP contribution in [0.15, 0.2) is 12.2 Å². The second-order valence-electron chi connectivity index (χ2n) is 23.1. The lowest BCUT2D eigenvalue weighted by atomic mass is 10.0. The summed E-state index contributed by atoms with van der Waals surface area (Å²) in [6.07, 6.45) is 75.6. The first-order chi connectivity index (χ1) is 36.5. The quantitative estimate of drug-likeness (QED) is 0.0261. The van der Waals surface area contributed by atoms with Gasteiger partial charge in [-0.05, 0) is 44.9 Å². The van der Waals surface area contributed by atoms with Gasteiger partial charge in [-0.25, -0.2) is 0 Å². The van der Waals surface area contributed by atoms with Gasteiger partial charge in [0.2, 0.25) is 0 Å². The lowest BCUT2D eigenvalue weighted by molar-refractivity contribution is -0.167. The maximum atomic E-state index is 12.9. The average Bonchev–Trinajstić information content (AvgIpc) is 3.40. The molecule has 0 radical (unpaired) electrons. The lowest BCUT2D eigenvalue weighted by Crippen LogP contribution is -2.30. The van der Waals surface area contributed by atoms with E-state index in [9.17, 15) is 14.4 Å². The molecule has 0 aromatic rings. The van der Waals surface area contributed by atoms with Gasteiger partial charge >= 0.3 is 17.9 Å². The van der Waals surface area contributed by atoms with Crippen LogP contribution in [0.25, 0.3) is 0 Å². The first-order valence-electron chi connectivity index (χ1n) is 33.7. The number of carbonyl (C=O) groups excluding carboxylic acids is 3. The summed E-state index contributed by atoms with van der Waals surface area (Å²) >= 11 is 0. The molecule has 0 saturated heterocycles. The number of allylic oxidation sites excluding steroid dienone is 2. The van der Waals surface area contributed by atoms with Crippen LogP contribution in [0.1, 0.15) is 387 Å². The van der Waals surface area contributed by atoms with Crippen molar-refractivity contribution in [2.45, 2.75) is 393 Å². The third-order valence-corrected chi connectivity index (χ3v) is 15.5. The number of carbonyl (C=O) groups is 3. The van der Waals surface area contributed by atoms with Crippen LogP contribution in [0.3, 0.4) is 0 Å². The predicted molar refractivity (Wildman–Crippen MR) is 321 cm³/mol. The summed E-state index contributed by atoms with van der Waals surface area (Å²) in [4.78, 5) is 38.0. The van der Waals surface area contributed by atoms with Crippen molar-refractivity contribution in [3.05, 3.63) is 12.2 Å². The van der Waals surface area contributed by atoms with Crippen LogP contribution >= 0.6 is 0 Å². The molecule has 0 fully saturated rings. The van der Waals surface area contributed by atoms with Crippen molar-refractivity contribution in [1.29, 1.82) is 0 Å². The van der Waals surface area contributed by atoms with Gasteiger partial charge in [0, 0.05) is 19.3 Å². The van der Waals surface area contributed by atoms with Crippen LogP contribution in [0.5, 0.6) is 0 Å². The van der Waals surface area contributed by atoms with Gasteiger partial charge in [0.25, 0.3) is 0 Å². The molecule has 6 heteroatoms. The Morgan fingerprint density at radius 2 is 0.446 bits per heavy atom. The first kappa shape index (κ1) is 72.2. The van der Waals surface area contributed by atoms with Crippen molar-refractivity contribution in [2.75, 3.05) is 13.2 Å². The molecule has 0 aromatic carbocycles. The Kier molecular flexibility index (Phi) is 62.1. The average molecular weight is 1040 g/mol. The van der Waals surface area contributed by atoms with E-state index in [1.54, 1.807) is 0 Å². The predicted octanol–water partition coefficient (Wildman–Crippen LogP) is 22.8. The normalized spacial score (nSPS) is 12.0. The van der Waals surface area contributed by atoms with E-state index in [0.29, 0.717) is 19.3 Å². The zero-order chi connectivity index (χ0) is 53.6. The van der Waals surface area contributed by atoms with Crippen LogP contribution in [-0.4, -0.2) is 37.2 Å². The summed E-state index contributed by atoms with van der Waals surface area (Å²) < 4.78 is 16.8. The number of rotatable bonds is 63. The van der Waals surface area contributed by atoms with E-state index in [0.717, 1.165) is 57.8 Å². The van der Waals surface area contributed by atoms with Gasteiger partial charge in [0.1, 0.15) is 13.2 Å². The van der Waals surface area contributed by atoms with E-state index in [1.165, 1.54) is 289 Å². The Morgan fingerprint density at radius 3 is 0.676 bits per heavy atom. The molecular weight excluding hydrogens is 913 g/mol. The third-order valence-electron chi connectivity index (χ3n) is 15.5. The third kappa shape index (κ3) is 61.0. The van der Waals surface area contributed by atoms with Crippen LogP contribution < -0.4 is 0 Å². The van der Waals surface area contributed by atoms with E-state index in [1.807, 2.05) is 0 Å². The summed E-state index contributed by atoms with van der Waals surface area (Å²) in [7, 11) is 0. The smallest absolute Gasteiger partial charge is 0.306 e. The van der Waals surface area contributed by atoms with Crippen molar-refractivity contribution >= 4 is 17.9 Å². The zero-order valence-electron chi connectivity index (χ0n) is 50.4. The van der Waals surface area contributed by atoms with Crippen molar-refractivity contribution < 1.29 is 28.6 Å². The van der Waals surface area contributed by atoms with Gasteiger partial charge in [-0.15, -0.1) is 0 Å². The van der Waals surface area contributed by atoms with Gasteiger partial charge in [0.15, 0.2) is 6.10 Å². The molecule has 0 N–H and O–H groups in total. The second kappa shape index (κ2) is 63.7. The van der Waals surface area contributed by atoms with Crippen LogP contribution in [0, 0.1) is 0 Å². The molecule has 0 aliphatic rings. The molecule has 0 bridgehead atoms. The summed E-state index contributed by atoms with van der Waals surface area (Å²) in [6.45, 7) is 6.66. The molecule has 1 atom stereocenters. The summed E-state index contributed by atoms with van der Waals surface area (Å²) in [5.41, 5.74) is 0. The first-order valence-corrected chi connectivity index (χ1v) is 33.7. The molecule has 438 valence electrons. The molecule has 0 heterocycles. The fraction of sp³-hybridized carbons (Fsp3) is 0.926. The summed E-state index contributed by atoms with van der Waals surface area (Å²) in [5, 5.41) is 0. The van der Waals surface area contributed by atoms with E-state index < -0.39 is 6.10 Å². The standard InChI is InChI=1S/C68H130O6/c1-4-7-10-13-16-18-20-22-24-26-28-30-32-33-34-35-37-38-40-42-44-46-48-50-52-55-58-61-67(70)73-64-65(63-72-66(69)60-57-54-15-12-9-6-3)74-68(71)62-59-56-53-51-49-47-45-43-41-39-36-31-29-27-25-23-21-19-17-14-11-8-5-2/h27,29,65H,4-26,28,30-64H2,1-3H3/b29-27-. The highest BCUT2D eigenvalue weighted by Crippen LogP contribution is 2.19. The van der Waals surface area contributed by atoms with Crippen LogP contribution in [0.4, 0.5) is 0 Å². The fourth-order valence-electron chi connectivity index (χ4n) is 10.4. The largest absolute Gasteiger partial charge is 0.462 e. The Morgan fingerprint density at radius 1 is 0.257 bits per heavy atom. The highest BCUT2D eigenvalue weighted by atomic mass is 16.6. The highest BCUT2D eigenvalue weighted by Gasteiger charge is 2.19. The molecule has 0 rings (SSSR count). The summed E-state index contributed by atoms with van der Waals surface area (Å²) in [5.74, 6) is -0.847. The van der Waals surface area contributed by atoms with Crippen molar-refractivity contribution in [1.82, 2.24) is 0 Å². The second-order valence-corrected chi connectivity index (χ2v) is 23.1. The molecule has 74 heavy (non-hydrogen) atoms. The molecule has 0 spiro atoms. The van der Waals surface area contributed by atoms with Gasteiger partial charge < -0.3 is 14.2 Å². The Labute approximate surface area is 462 Å². The molecule has 0 aliphatic carbocycles. The number of unbranched alkanes of at least 4 members (excludes halogenated alkanes) is 50. The van der Waals surface area contributed by atoms with Gasteiger partial charge in [-0.2, -0.15) is 0 Å². The fourth-order valence-corrected chi connectivity index (χ4v) is 10.4. The molecule has 6 nitrogen and oxygen atoms in total. The van der Waals surface area contributed by atoms with E-state index in [-0.39, 0.29) is 31.1 Å². The molecule has 0 saturated carbocycles. The molecule has 1 unspecified atom stereocenters. The molecular formula is C68H130O6. The molecule has 0 aliphatic heterocycles. The maximum absolute atomic E-state index is 12.9. The number of hydrogen-bond acceptors (Lipinski definition) is 6. The van der Waals surface area contributed by atoms with E-state index in [2.05, 4.69) is 32.9 Å².